The Kier molecular flexibility index (Phi) is 20.7. The lowest BCUT2D eigenvalue weighted by atomic mass is 10.1. The molecule has 0 atom stereocenters. The Morgan fingerprint density at radius 3 is 1.58 bits per heavy atom. The summed E-state index contributed by atoms with van der Waals surface area (Å²) in [5.41, 5.74) is 5.37. The van der Waals surface area contributed by atoms with Gasteiger partial charge in [0.15, 0.2) is 0 Å². The SMILES string of the molecule is C1=CCC=C1.C1=Cc2ccccc2C1.Cc1ccccc1.c1cc[nH]c1.c1cc[nH]c1.c1ccc2[nH]ccc2c1.c1ccoc1.c1ccsc1. The molecular formula is C45H47N3OS. The lowest BCUT2D eigenvalue weighted by molar-refractivity contribution is 0.567. The number of aromatic amines is 3. The van der Waals surface area contributed by atoms with Gasteiger partial charge >= 0.3 is 0 Å². The highest BCUT2D eigenvalue weighted by Gasteiger charge is 2.00. The second-order valence-corrected chi connectivity index (χ2v) is 11.3. The molecule has 0 amide bonds. The van der Waals surface area contributed by atoms with Crippen molar-refractivity contribution < 1.29 is 4.42 Å². The molecule has 0 saturated carbocycles. The Morgan fingerprint density at radius 1 is 0.540 bits per heavy atom. The molecule has 0 spiro atoms. The number of benzene rings is 3. The Balaban J connectivity index is 0.000000157. The van der Waals surface area contributed by atoms with Gasteiger partial charge in [0.2, 0.25) is 0 Å². The smallest absolute Gasteiger partial charge is 0.0902 e. The van der Waals surface area contributed by atoms with E-state index in [2.05, 4.69) is 117 Å². The number of hydrogen-bond donors (Lipinski definition) is 3. The Labute approximate surface area is 301 Å². The third kappa shape index (κ3) is 18.9. The van der Waals surface area contributed by atoms with Crippen molar-refractivity contribution in [1.82, 2.24) is 15.0 Å². The summed E-state index contributed by atoms with van der Waals surface area (Å²) < 4.78 is 4.58. The summed E-state index contributed by atoms with van der Waals surface area (Å²) in [5, 5.41) is 5.36. The van der Waals surface area contributed by atoms with Crippen LogP contribution in [0.4, 0.5) is 0 Å². The van der Waals surface area contributed by atoms with Crippen LogP contribution in [-0.4, -0.2) is 15.0 Å². The molecule has 2 aliphatic rings. The van der Waals surface area contributed by atoms with Crippen molar-refractivity contribution >= 4 is 28.3 Å². The third-order valence-electron chi connectivity index (χ3n) is 6.59. The molecule has 2 aliphatic carbocycles. The molecule has 0 bridgehead atoms. The van der Waals surface area contributed by atoms with E-state index < -0.39 is 0 Å². The minimum Gasteiger partial charge on any atom is -0.473 e. The quantitative estimate of drug-likeness (QED) is 0.147. The number of allylic oxidation sites excluding steroid dienone is 5. The lowest BCUT2D eigenvalue weighted by Crippen LogP contribution is -1.76. The van der Waals surface area contributed by atoms with Crippen LogP contribution in [0.25, 0.3) is 17.0 Å². The van der Waals surface area contributed by atoms with Gasteiger partial charge in [0.1, 0.15) is 0 Å². The fourth-order valence-electron chi connectivity index (χ4n) is 4.13. The van der Waals surface area contributed by atoms with Crippen molar-refractivity contribution in [3.8, 4) is 0 Å². The summed E-state index contributed by atoms with van der Waals surface area (Å²) in [6, 6.07) is 44.5. The highest BCUT2D eigenvalue weighted by atomic mass is 32.1. The lowest BCUT2D eigenvalue weighted by Gasteiger charge is -1.93. The largest absolute Gasteiger partial charge is 0.473 e. The zero-order valence-corrected chi connectivity index (χ0v) is 29.4. The molecule has 4 nitrogen and oxygen atoms in total. The van der Waals surface area contributed by atoms with Crippen molar-refractivity contribution in [3.05, 3.63) is 235 Å². The van der Waals surface area contributed by atoms with Gasteiger partial charge in [-0.05, 0) is 95.6 Å². The van der Waals surface area contributed by atoms with Gasteiger partial charge in [0.25, 0.3) is 0 Å². The number of nitrogens with one attached hydrogen (secondary N) is 3. The topological polar surface area (TPSA) is 60.5 Å². The molecule has 254 valence electrons. The molecule has 50 heavy (non-hydrogen) atoms. The first-order valence-corrected chi connectivity index (χ1v) is 17.5. The van der Waals surface area contributed by atoms with Gasteiger partial charge < -0.3 is 19.4 Å². The zero-order valence-electron chi connectivity index (χ0n) is 28.6. The first-order chi connectivity index (χ1) is 24.8. The minimum absolute atomic E-state index is 1.12. The summed E-state index contributed by atoms with van der Waals surface area (Å²) in [6.07, 6.45) is 27.7. The monoisotopic (exact) mass is 677 g/mol. The van der Waals surface area contributed by atoms with E-state index in [9.17, 15) is 0 Å². The van der Waals surface area contributed by atoms with E-state index in [1.54, 1.807) is 23.9 Å². The van der Waals surface area contributed by atoms with Gasteiger partial charge in [-0.3, -0.25) is 0 Å². The Morgan fingerprint density at radius 2 is 1.14 bits per heavy atom. The second-order valence-electron chi connectivity index (χ2n) is 10.5. The molecule has 0 saturated heterocycles. The predicted octanol–water partition coefficient (Wildman–Crippen LogP) is 13.0. The fraction of sp³-hybridized carbons (Fsp3) is 0.0667. The normalized spacial score (nSPS) is 10.5. The molecule has 8 aromatic rings. The van der Waals surface area contributed by atoms with Crippen molar-refractivity contribution in [2.45, 2.75) is 19.8 Å². The van der Waals surface area contributed by atoms with Crippen LogP contribution in [-0.2, 0) is 6.42 Å². The van der Waals surface area contributed by atoms with E-state index in [0.717, 1.165) is 12.8 Å². The molecule has 3 N–H and O–H groups in total. The van der Waals surface area contributed by atoms with Gasteiger partial charge in [-0.1, -0.05) is 127 Å². The van der Waals surface area contributed by atoms with Gasteiger partial charge in [-0.2, -0.15) is 11.3 Å². The first kappa shape index (κ1) is 38.4. The maximum Gasteiger partial charge on any atom is 0.0902 e. The molecule has 3 aromatic carbocycles. The van der Waals surface area contributed by atoms with Gasteiger partial charge in [0.05, 0.1) is 12.5 Å². The van der Waals surface area contributed by atoms with Gasteiger partial charge in [-0.25, -0.2) is 0 Å². The number of H-pyrrole nitrogens is 3. The van der Waals surface area contributed by atoms with Crippen LogP contribution in [0.1, 0.15) is 23.1 Å². The maximum atomic E-state index is 4.58. The highest BCUT2D eigenvalue weighted by molar-refractivity contribution is 7.07. The summed E-state index contributed by atoms with van der Waals surface area (Å²) in [6.45, 7) is 2.08. The summed E-state index contributed by atoms with van der Waals surface area (Å²) >= 11 is 1.71. The van der Waals surface area contributed by atoms with E-state index in [0.29, 0.717) is 0 Å². The van der Waals surface area contributed by atoms with Gasteiger partial charge in [-0.15, -0.1) is 0 Å². The maximum absolute atomic E-state index is 4.58. The summed E-state index contributed by atoms with van der Waals surface area (Å²) in [5.74, 6) is 0. The third-order valence-corrected chi connectivity index (χ3v) is 7.22. The van der Waals surface area contributed by atoms with Crippen LogP contribution in [0.2, 0.25) is 0 Å². The molecule has 5 heterocycles. The zero-order chi connectivity index (χ0) is 35.0. The fourth-order valence-corrected chi connectivity index (χ4v) is 4.58. The van der Waals surface area contributed by atoms with Crippen LogP contribution in [0, 0.1) is 6.92 Å². The Bertz CT molecular complexity index is 1680. The van der Waals surface area contributed by atoms with Crippen LogP contribution >= 0.6 is 11.3 Å². The predicted molar refractivity (Wildman–Crippen MR) is 216 cm³/mol. The van der Waals surface area contributed by atoms with E-state index >= 15 is 0 Å². The van der Waals surface area contributed by atoms with E-state index in [1.165, 1.54) is 27.6 Å². The standard InChI is InChI=1S/C9H8.C8H7N.C7H8.C5H6.2C4H5N.C4H4O.C4H4S/c1-2-5-9-7-3-6-8(9)4-1;1-2-4-8-7(3-1)5-6-9-8;1-7-5-3-2-4-6-7;5*1-2-4-5-3-1/h1-6H,7H2;1-6,9H;2-6H,1H3;1-4H,5H2;2*1-5H;2*1-4H. The summed E-state index contributed by atoms with van der Waals surface area (Å²) in [4.78, 5) is 8.84. The molecule has 0 fully saturated rings. The molecule has 5 aromatic heterocycles. The van der Waals surface area contributed by atoms with Crippen LogP contribution < -0.4 is 0 Å². The number of thiophene rings is 1. The van der Waals surface area contributed by atoms with Gasteiger partial charge in [0, 0.05) is 36.5 Å². The molecular weight excluding hydrogens is 631 g/mol. The van der Waals surface area contributed by atoms with Crippen molar-refractivity contribution in [1.29, 1.82) is 0 Å². The van der Waals surface area contributed by atoms with Crippen LogP contribution in [0.3, 0.4) is 0 Å². The highest BCUT2D eigenvalue weighted by Crippen LogP contribution is 2.17. The average Bonchev–Trinajstić information content (AvgIpc) is 4.03. The first-order valence-electron chi connectivity index (χ1n) is 16.5. The molecule has 0 unspecified atom stereocenters. The number of hydrogen-bond acceptors (Lipinski definition) is 2. The van der Waals surface area contributed by atoms with Crippen molar-refractivity contribution in [3.63, 3.8) is 0 Å². The van der Waals surface area contributed by atoms with E-state index in [4.69, 9.17) is 0 Å². The molecule has 0 aliphatic heterocycles. The second kappa shape index (κ2) is 27.0. The average molecular weight is 678 g/mol. The Hall–Kier alpha value is -6.04. The number of para-hydroxylation sites is 1. The number of furan rings is 1. The number of aromatic nitrogens is 3. The molecule has 10 rings (SSSR count). The van der Waals surface area contributed by atoms with Crippen molar-refractivity contribution in [2.24, 2.45) is 0 Å². The number of rotatable bonds is 0. The van der Waals surface area contributed by atoms with Crippen LogP contribution in [0.15, 0.2) is 223 Å². The molecule has 0 radical (unpaired) electrons. The molecule has 5 heteroatoms. The summed E-state index contributed by atoms with van der Waals surface area (Å²) in [7, 11) is 0. The van der Waals surface area contributed by atoms with E-state index in [1.807, 2.05) is 121 Å². The van der Waals surface area contributed by atoms with Crippen molar-refractivity contribution in [2.75, 3.05) is 0 Å². The van der Waals surface area contributed by atoms with Crippen LogP contribution in [0.5, 0.6) is 0 Å². The van der Waals surface area contributed by atoms with E-state index in [-0.39, 0.29) is 0 Å². The minimum atomic E-state index is 1.12. The number of aryl methyl sites for hydroxylation is 1. The number of fused-ring (bicyclic) bond motifs is 2.